The van der Waals surface area contributed by atoms with Crippen molar-refractivity contribution in [2.24, 2.45) is 0 Å². The van der Waals surface area contributed by atoms with E-state index in [1.165, 1.54) is 6.08 Å². The molecule has 1 aromatic carbocycles. The lowest BCUT2D eigenvalue weighted by atomic mass is 10.0. The molecule has 0 bridgehead atoms. The van der Waals surface area contributed by atoms with Gasteiger partial charge in [-0.25, -0.2) is 0 Å². The van der Waals surface area contributed by atoms with Crippen molar-refractivity contribution in [3.05, 3.63) is 48.6 Å². The molecule has 1 aliphatic heterocycles. The number of carbonyl (C=O) groups is 4. The van der Waals surface area contributed by atoms with Crippen LogP contribution in [0.15, 0.2) is 43.0 Å². The van der Waals surface area contributed by atoms with Gasteiger partial charge >= 0.3 is 0 Å². The predicted molar refractivity (Wildman–Crippen MR) is 181 cm³/mol. The first-order valence-electron chi connectivity index (χ1n) is 17.0. The van der Waals surface area contributed by atoms with E-state index in [1.807, 2.05) is 35.2 Å². The molecule has 1 saturated heterocycles. The Labute approximate surface area is 281 Å². The van der Waals surface area contributed by atoms with E-state index < -0.39 is 12.1 Å². The molecule has 1 heterocycles. The van der Waals surface area contributed by atoms with Crippen molar-refractivity contribution in [2.75, 3.05) is 86.5 Å². The maximum Gasteiger partial charge on any atom is 0.245 e. The van der Waals surface area contributed by atoms with Crippen molar-refractivity contribution in [1.29, 1.82) is 0 Å². The Bertz CT molecular complexity index is 1080. The van der Waals surface area contributed by atoms with E-state index in [-0.39, 0.29) is 36.7 Å². The average Bonchev–Trinajstić information content (AvgIpc) is 3.61. The van der Waals surface area contributed by atoms with Gasteiger partial charge in [-0.3, -0.25) is 19.2 Å². The molecule has 264 valence electrons. The monoisotopic (exact) mass is 660 g/mol. The first kappa shape index (κ1) is 39.9. The third-order valence-corrected chi connectivity index (χ3v) is 8.28. The van der Waals surface area contributed by atoms with Crippen LogP contribution in [0.3, 0.4) is 0 Å². The number of unbranched alkanes of at least 4 members (excludes halogenated alkanes) is 1. The number of nitrogens with one attached hydrogen (secondary N) is 3. The number of amides is 4. The number of rotatable bonds is 25. The molecule has 0 aliphatic carbocycles. The summed E-state index contributed by atoms with van der Waals surface area (Å²) in [6, 6.07) is 8.23. The smallest absolute Gasteiger partial charge is 0.245 e. The number of carbonyl (C=O) groups excluding carboxylic acids is 4. The number of quaternary nitrogens is 1. The van der Waals surface area contributed by atoms with Gasteiger partial charge in [0.1, 0.15) is 12.1 Å². The predicted octanol–water partition coefficient (Wildman–Crippen LogP) is 1.83. The molecule has 12 heteroatoms. The van der Waals surface area contributed by atoms with Gasteiger partial charge in [0.2, 0.25) is 23.6 Å². The molecular weight excluding hydrogens is 602 g/mol. The van der Waals surface area contributed by atoms with Gasteiger partial charge in [-0.15, -0.1) is 0 Å². The average molecular weight is 661 g/mol. The Morgan fingerprint density at radius 2 is 1.53 bits per heavy atom. The van der Waals surface area contributed by atoms with E-state index in [9.17, 15) is 19.2 Å². The number of likely N-dealkylation sites (tertiary alicyclic amines) is 1. The first-order chi connectivity index (χ1) is 22.6. The van der Waals surface area contributed by atoms with Crippen LogP contribution in [0.5, 0.6) is 0 Å². The van der Waals surface area contributed by atoms with Gasteiger partial charge in [-0.2, -0.15) is 0 Å². The molecule has 2 atom stereocenters. The van der Waals surface area contributed by atoms with Gasteiger partial charge in [-0.05, 0) is 50.7 Å². The van der Waals surface area contributed by atoms with Crippen LogP contribution in [-0.2, 0) is 39.8 Å². The summed E-state index contributed by atoms with van der Waals surface area (Å²) >= 11 is 0. The number of hydrogen-bond acceptors (Lipinski definition) is 7. The van der Waals surface area contributed by atoms with Crippen molar-refractivity contribution in [3.8, 4) is 0 Å². The first-order valence-corrected chi connectivity index (χ1v) is 17.0. The molecule has 0 unspecified atom stereocenters. The zero-order valence-electron chi connectivity index (χ0n) is 28.8. The Balaban J connectivity index is 1.84. The fourth-order valence-electron chi connectivity index (χ4n) is 5.09. The fourth-order valence-corrected chi connectivity index (χ4v) is 5.09. The van der Waals surface area contributed by atoms with E-state index in [4.69, 9.17) is 14.2 Å². The molecule has 1 fully saturated rings. The third kappa shape index (κ3) is 17.4. The van der Waals surface area contributed by atoms with Crippen LogP contribution in [0.2, 0.25) is 0 Å². The summed E-state index contributed by atoms with van der Waals surface area (Å²) < 4.78 is 17.3. The van der Waals surface area contributed by atoms with Gasteiger partial charge in [0.15, 0.2) is 0 Å². The van der Waals surface area contributed by atoms with Gasteiger partial charge in [-0.1, -0.05) is 36.9 Å². The van der Waals surface area contributed by atoms with E-state index in [0.717, 1.165) is 48.8 Å². The molecule has 2 rings (SSSR count). The van der Waals surface area contributed by atoms with Crippen molar-refractivity contribution >= 4 is 23.6 Å². The second-order valence-corrected chi connectivity index (χ2v) is 12.5. The zero-order valence-corrected chi connectivity index (χ0v) is 28.8. The van der Waals surface area contributed by atoms with Crippen LogP contribution in [0, 0.1) is 0 Å². The molecule has 0 spiro atoms. The minimum absolute atomic E-state index is 0.0778. The largest absolute Gasteiger partial charge is 0.379 e. The van der Waals surface area contributed by atoms with Crippen LogP contribution >= 0.6 is 0 Å². The summed E-state index contributed by atoms with van der Waals surface area (Å²) in [6.07, 6.45) is 5.79. The summed E-state index contributed by atoms with van der Waals surface area (Å²) in [5.74, 6) is -0.933. The number of benzene rings is 1. The quantitative estimate of drug-likeness (QED) is 0.0828. The normalized spacial score (nSPS) is 14.3. The van der Waals surface area contributed by atoms with Gasteiger partial charge in [0.05, 0.1) is 66.8 Å². The fraction of sp³-hybridized carbons (Fsp3) is 0.657. The van der Waals surface area contributed by atoms with Gasteiger partial charge < -0.3 is 39.5 Å². The highest BCUT2D eigenvalue weighted by molar-refractivity contribution is 5.92. The molecule has 3 N–H and O–H groups in total. The van der Waals surface area contributed by atoms with Crippen molar-refractivity contribution in [1.82, 2.24) is 20.9 Å². The number of hydrogen-bond donors (Lipinski definition) is 3. The van der Waals surface area contributed by atoms with Crippen LogP contribution in [-0.4, -0.2) is 132 Å². The van der Waals surface area contributed by atoms with Crippen LogP contribution < -0.4 is 16.0 Å². The maximum atomic E-state index is 13.7. The second kappa shape index (κ2) is 23.1. The Hall–Kier alpha value is -3.32. The molecule has 47 heavy (non-hydrogen) atoms. The minimum Gasteiger partial charge on any atom is -0.379 e. The summed E-state index contributed by atoms with van der Waals surface area (Å²) in [6.45, 7) is 11.3. The summed E-state index contributed by atoms with van der Waals surface area (Å²) in [5.41, 5.74) is 0.966. The lowest BCUT2D eigenvalue weighted by Gasteiger charge is -2.29. The molecule has 1 aromatic rings. The Kier molecular flexibility index (Phi) is 19.6. The molecular formula is C35H58N5O7+. The molecule has 0 saturated carbocycles. The summed E-state index contributed by atoms with van der Waals surface area (Å²) in [4.78, 5) is 52.9. The van der Waals surface area contributed by atoms with Crippen LogP contribution in [0.4, 0.5) is 0 Å². The third-order valence-electron chi connectivity index (χ3n) is 8.28. The van der Waals surface area contributed by atoms with E-state index in [1.54, 1.807) is 0 Å². The lowest BCUT2D eigenvalue weighted by Crippen LogP contribution is -2.55. The van der Waals surface area contributed by atoms with E-state index >= 15 is 0 Å². The van der Waals surface area contributed by atoms with Crippen LogP contribution in [0.1, 0.15) is 51.0 Å². The molecule has 0 aromatic heterocycles. The van der Waals surface area contributed by atoms with Crippen molar-refractivity contribution in [2.45, 2.75) is 64.0 Å². The molecule has 4 amide bonds. The second-order valence-electron chi connectivity index (χ2n) is 12.5. The highest BCUT2D eigenvalue weighted by Gasteiger charge is 2.31. The summed E-state index contributed by atoms with van der Waals surface area (Å²) in [7, 11) is 4.36. The van der Waals surface area contributed by atoms with Crippen molar-refractivity contribution < 1.29 is 37.9 Å². The SMILES string of the molecule is C=CC(=O)NCCOCCOCCOCCC(=O)N[C@@H](CCCC[N+](C)(C)CC)C(=O)N[C@@H](Cc1ccccc1)C(=O)N1CCCC1. The molecule has 1 aliphatic rings. The zero-order chi connectivity index (χ0) is 34.3. The van der Waals surface area contributed by atoms with E-state index in [2.05, 4.69) is 43.5 Å². The van der Waals surface area contributed by atoms with Crippen molar-refractivity contribution in [3.63, 3.8) is 0 Å². The lowest BCUT2D eigenvalue weighted by molar-refractivity contribution is -0.888. The Morgan fingerprint density at radius 1 is 0.894 bits per heavy atom. The number of ether oxygens (including phenoxy) is 3. The standard InChI is InChI=1S/C35H57N5O7/c1-5-32(41)36-18-23-46-25-27-47-26-24-45-22-17-33(42)37-30(16-10-13-21-40(3,4)6-2)34(43)38-31(28-29-14-8-7-9-15-29)35(44)39-19-11-12-20-39/h5,7-9,14-15,30-31H,1,6,10-13,16-28H2,2-4H3,(H2-,36,37,38,41,42,43)/p+1/t30-,31-/m0/s1. The van der Waals surface area contributed by atoms with Crippen LogP contribution in [0.25, 0.3) is 0 Å². The molecule has 0 radical (unpaired) electrons. The topological polar surface area (TPSA) is 135 Å². The summed E-state index contributed by atoms with van der Waals surface area (Å²) in [5, 5.41) is 8.54. The highest BCUT2D eigenvalue weighted by atomic mass is 16.5. The van der Waals surface area contributed by atoms with Gasteiger partial charge in [0.25, 0.3) is 0 Å². The minimum atomic E-state index is -0.752. The maximum absolute atomic E-state index is 13.7. The number of nitrogens with zero attached hydrogens (tertiary/aromatic N) is 2. The highest BCUT2D eigenvalue weighted by Crippen LogP contribution is 2.13. The van der Waals surface area contributed by atoms with Gasteiger partial charge in [0, 0.05) is 32.5 Å². The molecule has 12 nitrogen and oxygen atoms in total. The van der Waals surface area contributed by atoms with E-state index in [0.29, 0.717) is 65.5 Å². The Morgan fingerprint density at radius 3 is 2.17 bits per heavy atom.